The van der Waals surface area contributed by atoms with Gasteiger partial charge in [-0.2, -0.15) is 0 Å². The monoisotopic (exact) mass is 335 g/mol. The van der Waals surface area contributed by atoms with Gasteiger partial charge in [-0.3, -0.25) is 14.6 Å². The summed E-state index contributed by atoms with van der Waals surface area (Å²) in [5.41, 5.74) is 4.67. The van der Waals surface area contributed by atoms with Gasteiger partial charge in [0.1, 0.15) is 5.52 Å². The minimum Gasteiger partial charge on any atom is -0.345 e. The molecule has 0 saturated carbocycles. The fourth-order valence-corrected chi connectivity index (χ4v) is 3.21. The van der Waals surface area contributed by atoms with E-state index in [1.54, 1.807) is 30.5 Å². The maximum absolute atomic E-state index is 12.8. The first kappa shape index (κ1) is 15.3. The number of para-hydroxylation sites is 1. The largest absolute Gasteiger partial charge is 0.345 e. The fourth-order valence-electron chi connectivity index (χ4n) is 3.21. The number of H-pyrrole nitrogens is 1. The lowest BCUT2D eigenvalue weighted by atomic mass is 9.96. The highest BCUT2D eigenvalue weighted by Crippen LogP contribution is 2.24. The number of carbonyl (C=O) groups excluding carboxylic acids is 2. The molecular weight excluding hydrogens is 318 g/mol. The number of imidazole rings is 1. The van der Waals surface area contributed by atoms with Crippen molar-refractivity contribution in [3.05, 3.63) is 53.6 Å². The Kier molecular flexibility index (Phi) is 3.68. The highest BCUT2D eigenvalue weighted by atomic mass is 16.2. The summed E-state index contributed by atoms with van der Waals surface area (Å²) in [6, 6.07) is 5.58. The number of nitrogens with one attached hydrogen (secondary N) is 2. The smallest absolute Gasteiger partial charge is 0.257 e. The Morgan fingerprint density at radius 2 is 2.16 bits per heavy atom. The molecule has 2 amide bonds. The van der Waals surface area contributed by atoms with Crippen LogP contribution in [-0.2, 0) is 17.8 Å². The van der Waals surface area contributed by atoms with Crippen LogP contribution in [0.25, 0.3) is 11.0 Å². The summed E-state index contributed by atoms with van der Waals surface area (Å²) in [5, 5.41) is 2.93. The van der Waals surface area contributed by atoms with E-state index >= 15 is 0 Å². The fraction of sp³-hybridized carbons (Fsp3) is 0.222. The van der Waals surface area contributed by atoms with E-state index in [9.17, 15) is 9.59 Å². The number of pyridine rings is 1. The topological polar surface area (TPSA) is 91.0 Å². The molecule has 7 heteroatoms. The van der Waals surface area contributed by atoms with Gasteiger partial charge in [0.05, 0.1) is 23.1 Å². The first-order valence-corrected chi connectivity index (χ1v) is 8.08. The maximum atomic E-state index is 12.8. The van der Waals surface area contributed by atoms with E-state index in [1.807, 2.05) is 18.2 Å². The molecule has 0 radical (unpaired) electrons. The molecule has 1 aliphatic rings. The zero-order chi connectivity index (χ0) is 17.4. The quantitative estimate of drug-likeness (QED) is 0.750. The number of hydrogen-bond donors (Lipinski definition) is 2. The normalized spacial score (nSPS) is 13.6. The van der Waals surface area contributed by atoms with Crippen molar-refractivity contribution in [1.29, 1.82) is 0 Å². The van der Waals surface area contributed by atoms with Crippen molar-refractivity contribution in [2.45, 2.75) is 19.9 Å². The zero-order valence-electron chi connectivity index (χ0n) is 13.7. The van der Waals surface area contributed by atoms with Crippen molar-refractivity contribution in [3.63, 3.8) is 0 Å². The highest BCUT2D eigenvalue weighted by Gasteiger charge is 2.23. The Balaban J connectivity index is 1.64. The van der Waals surface area contributed by atoms with Crippen LogP contribution in [0.15, 0.2) is 36.9 Å². The third kappa shape index (κ3) is 2.73. The third-order valence-corrected chi connectivity index (χ3v) is 4.53. The number of benzene rings is 1. The average molecular weight is 335 g/mol. The Labute approximate surface area is 144 Å². The SMILES string of the molecule is CC(=O)N1CCc2c(cncc2C(=O)Nc2cccc3[nH]cnc23)C1. The number of aromatic nitrogens is 3. The van der Waals surface area contributed by atoms with Crippen LogP contribution in [0, 0.1) is 0 Å². The van der Waals surface area contributed by atoms with Gasteiger partial charge in [0.15, 0.2) is 0 Å². The molecule has 0 bridgehead atoms. The van der Waals surface area contributed by atoms with Crippen molar-refractivity contribution in [2.24, 2.45) is 0 Å². The van der Waals surface area contributed by atoms with E-state index in [0.29, 0.717) is 30.8 Å². The van der Waals surface area contributed by atoms with Crippen LogP contribution in [0.4, 0.5) is 5.69 Å². The van der Waals surface area contributed by atoms with Crippen LogP contribution in [0.1, 0.15) is 28.4 Å². The van der Waals surface area contributed by atoms with Gasteiger partial charge in [0.2, 0.25) is 5.91 Å². The Bertz CT molecular complexity index is 979. The second kappa shape index (κ2) is 6.01. The first-order valence-electron chi connectivity index (χ1n) is 8.08. The maximum Gasteiger partial charge on any atom is 0.257 e. The second-order valence-electron chi connectivity index (χ2n) is 6.07. The van der Waals surface area contributed by atoms with Crippen molar-refractivity contribution < 1.29 is 9.59 Å². The summed E-state index contributed by atoms with van der Waals surface area (Å²) in [4.78, 5) is 37.6. The average Bonchev–Trinajstić information content (AvgIpc) is 3.10. The van der Waals surface area contributed by atoms with Gasteiger partial charge in [-0.15, -0.1) is 0 Å². The molecular formula is C18H17N5O2. The van der Waals surface area contributed by atoms with Gasteiger partial charge in [-0.1, -0.05) is 6.07 Å². The molecule has 7 nitrogen and oxygen atoms in total. The number of rotatable bonds is 2. The van der Waals surface area contributed by atoms with Crippen molar-refractivity contribution in [2.75, 3.05) is 11.9 Å². The molecule has 0 unspecified atom stereocenters. The number of amides is 2. The lowest BCUT2D eigenvalue weighted by molar-refractivity contribution is -0.129. The minimum atomic E-state index is -0.212. The van der Waals surface area contributed by atoms with E-state index in [0.717, 1.165) is 22.2 Å². The van der Waals surface area contributed by atoms with Gasteiger partial charge in [0.25, 0.3) is 5.91 Å². The molecule has 4 rings (SSSR count). The molecule has 2 aromatic heterocycles. The van der Waals surface area contributed by atoms with Gasteiger partial charge in [-0.05, 0) is 29.7 Å². The minimum absolute atomic E-state index is 0.0331. The Morgan fingerprint density at radius 1 is 1.28 bits per heavy atom. The first-order chi connectivity index (χ1) is 12.1. The highest BCUT2D eigenvalue weighted by molar-refractivity contribution is 6.08. The van der Waals surface area contributed by atoms with Crippen LogP contribution in [-0.4, -0.2) is 38.2 Å². The van der Waals surface area contributed by atoms with E-state index in [4.69, 9.17) is 0 Å². The van der Waals surface area contributed by atoms with Gasteiger partial charge in [-0.25, -0.2) is 4.98 Å². The van der Waals surface area contributed by atoms with Crippen molar-refractivity contribution in [3.8, 4) is 0 Å². The van der Waals surface area contributed by atoms with Crippen LogP contribution in [0.2, 0.25) is 0 Å². The summed E-state index contributed by atoms with van der Waals surface area (Å²) in [6.45, 7) is 2.66. The van der Waals surface area contributed by atoms with E-state index < -0.39 is 0 Å². The number of anilines is 1. The zero-order valence-corrected chi connectivity index (χ0v) is 13.7. The molecule has 3 heterocycles. The number of fused-ring (bicyclic) bond motifs is 2. The van der Waals surface area contributed by atoms with Gasteiger partial charge < -0.3 is 15.2 Å². The summed E-state index contributed by atoms with van der Waals surface area (Å²) in [7, 11) is 0. The van der Waals surface area contributed by atoms with E-state index in [2.05, 4.69) is 20.3 Å². The molecule has 0 aliphatic carbocycles. The van der Waals surface area contributed by atoms with Gasteiger partial charge >= 0.3 is 0 Å². The summed E-state index contributed by atoms with van der Waals surface area (Å²) in [5.74, 6) is -0.179. The standard InChI is InChI=1S/C18H17N5O2/c1-11(24)23-6-5-13-12(9-23)7-19-8-14(13)18(25)22-16-4-2-3-15-17(16)21-10-20-15/h2-4,7-8,10H,5-6,9H2,1H3,(H,20,21)(H,22,25). The molecule has 126 valence electrons. The lowest BCUT2D eigenvalue weighted by Crippen LogP contribution is -2.35. The van der Waals surface area contributed by atoms with E-state index in [1.165, 1.54) is 0 Å². The lowest BCUT2D eigenvalue weighted by Gasteiger charge is -2.28. The van der Waals surface area contributed by atoms with E-state index in [-0.39, 0.29) is 11.8 Å². The summed E-state index contributed by atoms with van der Waals surface area (Å²) >= 11 is 0. The van der Waals surface area contributed by atoms with Crippen LogP contribution < -0.4 is 5.32 Å². The van der Waals surface area contributed by atoms with Crippen LogP contribution in [0.3, 0.4) is 0 Å². The van der Waals surface area contributed by atoms with Crippen LogP contribution in [0.5, 0.6) is 0 Å². The number of hydrogen-bond acceptors (Lipinski definition) is 4. The number of nitrogens with zero attached hydrogens (tertiary/aromatic N) is 3. The van der Waals surface area contributed by atoms with Crippen LogP contribution >= 0.6 is 0 Å². The molecule has 0 spiro atoms. The molecule has 2 N–H and O–H groups in total. The molecule has 0 fully saturated rings. The Hall–Kier alpha value is -3.22. The summed E-state index contributed by atoms with van der Waals surface area (Å²) < 4.78 is 0. The Morgan fingerprint density at radius 3 is 3.00 bits per heavy atom. The van der Waals surface area contributed by atoms with Crippen molar-refractivity contribution in [1.82, 2.24) is 19.9 Å². The third-order valence-electron chi connectivity index (χ3n) is 4.53. The molecule has 25 heavy (non-hydrogen) atoms. The van der Waals surface area contributed by atoms with Gasteiger partial charge in [0, 0.05) is 32.4 Å². The summed E-state index contributed by atoms with van der Waals surface area (Å²) in [6.07, 6.45) is 5.56. The number of aromatic amines is 1. The molecule has 1 aliphatic heterocycles. The number of carbonyl (C=O) groups is 2. The predicted octanol–water partition coefficient (Wildman–Crippen LogP) is 2.11. The van der Waals surface area contributed by atoms with Crippen molar-refractivity contribution >= 4 is 28.5 Å². The molecule has 3 aromatic rings. The molecule has 0 saturated heterocycles. The predicted molar refractivity (Wildman–Crippen MR) is 93.1 cm³/mol. The molecule has 1 aromatic carbocycles. The second-order valence-corrected chi connectivity index (χ2v) is 6.07. The molecule has 0 atom stereocenters.